The van der Waals surface area contributed by atoms with Crippen molar-refractivity contribution in [2.45, 2.75) is 6.92 Å². The molecule has 0 saturated carbocycles. The van der Waals surface area contributed by atoms with Crippen LogP contribution in [0.25, 0.3) is 10.6 Å². The highest BCUT2D eigenvalue weighted by Crippen LogP contribution is 2.36. The maximum atomic E-state index is 10.9. The fourth-order valence-corrected chi connectivity index (χ4v) is 2.60. The fraction of sp³-hybridized carbons (Fsp3) is 0.231. The number of hydrogen-bond donors (Lipinski definition) is 0. The highest BCUT2D eigenvalue weighted by atomic mass is 32.1. The van der Waals surface area contributed by atoms with Crippen molar-refractivity contribution in [3.05, 3.63) is 28.8 Å². The Morgan fingerprint density at radius 1 is 1.32 bits per heavy atom. The summed E-state index contributed by atoms with van der Waals surface area (Å²) in [6.45, 7) is 1.64. The lowest BCUT2D eigenvalue weighted by atomic mass is 10.2. The van der Waals surface area contributed by atoms with E-state index in [1.54, 1.807) is 39.3 Å². The van der Waals surface area contributed by atoms with Gasteiger partial charge in [-0.3, -0.25) is 0 Å². The van der Waals surface area contributed by atoms with Gasteiger partial charge in [-0.1, -0.05) is 0 Å². The molecule has 6 heteroatoms. The number of rotatable bonds is 4. The molecule has 5 nitrogen and oxygen atoms in total. The lowest BCUT2D eigenvalue weighted by molar-refractivity contribution is -0.254. The van der Waals surface area contributed by atoms with Crippen molar-refractivity contribution in [2.75, 3.05) is 14.2 Å². The second-order valence-corrected chi connectivity index (χ2v) is 4.79. The summed E-state index contributed by atoms with van der Waals surface area (Å²) in [5.41, 5.74) is 1.13. The smallest absolute Gasteiger partial charge is 0.129 e. The van der Waals surface area contributed by atoms with Crippen LogP contribution >= 0.6 is 11.3 Å². The molecular formula is C13H12NO4S-. The summed E-state index contributed by atoms with van der Waals surface area (Å²) in [6, 6.07) is 5.28. The molecule has 0 amide bonds. The molecule has 0 fully saturated rings. The van der Waals surface area contributed by atoms with E-state index in [4.69, 9.17) is 9.47 Å². The van der Waals surface area contributed by atoms with Crippen molar-refractivity contribution in [3.8, 4) is 22.1 Å². The summed E-state index contributed by atoms with van der Waals surface area (Å²) in [5.74, 6) is 0.0428. The van der Waals surface area contributed by atoms with Crippen LogP contribution in [0.4, 0.5) is 0 Å². The first-order valence-electron chi connectivity index (χ1n) is 5.48. The van der Waals surface area contributed by atoms with Gasteiger partial charge in [-0.2, -0.15) is 0 Å². The Bertz CT molecular complexity index is 621. The molecule has 2 aromatic rings. The van der Waals surface area contributed by atoms with Crippen LogP contribution in [-0.2, 0) is 0 Å². The number of nitrogens with zero attached hydrogens (tertiary/aromatic N) is 1. The molecule has 0 radical (unpaired) electrons. The van der Waals surface area contributed by atoms with Crippen LogP contribution in [0.3, 0.4) is 0 Å². The number of carboxylic acid groups (broad SMARTS) is 1. The average molecular weight is 278 g/mol. The number of ether oxygens (including phenoxy) is 2. The van der Waals surface area contributed by atoms with Crippen LogP contribution in [0.15, 0.2) is 18.2 Å². The van der Waals surface area contributed by atoms with E-state index in [1.165, 1.54) is 0 Å². The molecule has 0 saturated heterocycles. The zero-order chi connectivity index (χ0) is 14.0. The molecule has 0 bridgehead atoms. The van der Waals surface area contributed by atoms with Gasteiger partial charge < -0.3 is 19.4 Å². The Morgan fingerprint density at radius 3 is 2.58 bits per heavy atom. The minimum absolute atomic E-state index is 0.125. The Kier molecular flexibility index (Phi) is 3.71. The molecule has 0 aliphatic rings. The molecule has 0 spiro atoms. The first kappa shape index (κ1) is 13.4. The Balaban J connectivity index is 2.57. The van der Waals surface area contributed by atoms with Gasteiger partial charge in [-0.15, -0.1) is 11.3 Å². The van der Waals surface area contributed by atoms with Crippen LogP contribution in [0, 0.1) is 6.92 Å². The van der Waals surface area contributed by atoms with Crippen molar-refractivity contribution in [1.82, 2.24) is 4.98 Å². The number of thiazole rings is 1. The van der Waals surface area contributed by atoms with Crippen molar-refractivity contribution >= 4 is 17.3 Å². The Morgan fingerprint density at radius 2 is 2.05 bits per heavy atom. The molecule has 2 rings (SSSR count). The van der Waals surface area contributed by atoms with Gasteiger partial charge in [-0.25, -0.2) is 4.98 Å². The summed E-state index contributed by atoms with van der Waals surface area (Å²) in [7, 11) is 3.11. The number of methoxy groups -OCH3 is 2. The molecule has 0 aliphatic heterocycles. The highest BCUT2D eigenvalue weighted by molar-refractivity contribution is 7.17. The standard InChI is InChI=1S/C13H13NO4S/c1-7-11(13(15)16)19-12(14-7)9-6-8(17-2)4-5-10(9)18-3/h4-6H,1-3H3,(H,15,16)/p-1. The third-order valence-electron chi connectivity index (χ3n) is 2.62. The number of aromatic nitrogens is 1. The van der Waals surface area contributed by atoms with Gasteiger partial charge in [0, 0.05) is 0 Å². The van der Waals surface area contributed by atoms with Gasteiger partial charge in [0.15, 0.2) is 0 Å². The number of hydrogen-bond acceptors (Lipinski definition) is 6. The number of carbonyl (C=O) groups excluding carboxylic acids is 1. The lowest BCUT2D eigenvalue weighted by Crippen LogP contribution is -2.21. The molecule has 19 heavy (non-hydrogen) atoms. The van der Waals surface area contributed by atoms with E-state index in [-0.39, 0.29) is 4.88 Å². The molecular weight excluding hydrogens is 266 g/mol. The summed E-state index contributed by atoms with van der Waals surface area (Å²) >= 11 is 1.06. The molecule has 1 aromatic heterocycles. The van der Waals surface area contributed by atoms with E-state index in [0.29, 0.717) is 27.8 Å². The number of carbonyl (C=O) groups is 1. The van der Waals surface area contributed by atoms with Gasteiger partial charge >= 0.3 is 0 Å². The lowest BCUT2D eigenvalue weighted by Gasteiger charge is -2.08. The second kappa shape index (κ2) is 5.27. The van der Waals surface area contributed by atoms with Crippen molar-refractivity contribution < 1.29 is 19.4 Å². The topological polar surface area (TPSA) is 71.5 Å². The normalized spacial score (nSPS) is 10.3. The maximum absolute atomic E-state index is 10.9. The highest BCUT2D eigenvalue weighted by Gasteiger charge is 2.14. The van der Waals surface area contributed by atoms with Crippen molar-refractivity contribution in [3.63, 3.8) is 0 Å². The zero-order valence-corrected chi connectivity index (χ0v) is 11.5. The van der Waals surface area contributed by atoms with Crippen LogP contribution < -0.4 is 14.6 Å². The van der Waals surface area contributed by atoms with Gasteiger partial charge in [-0.05, 0) is 25.1 Å². The SMILES string of the molecule is COc1ccc(OC)c(-c2nc(C)c(C(=O)[O-])s2)c1. The van der Waals surface area contributed by atoms with E-state index < -0.39 is 5.97 Å². The summed E-state index contributed by atoms with van der Waals surface area (Å²) in [4.78, 5) is 15.3. The van der Waals surface area contributed by atoms with Crippen molar-refractivity contribution in [1.29, 1.82) is 0 Å². The summed E-state index contributed by atoms with van der Waals surface area (Å²) in [5, 5.41) is 11.5. The number of aryl methyl sites for hydroxylation is 1. The third-order valence-corrected chi connectivity index (χ3v) is 3.79. The zero-order valence-electron chi connectivity index (χ0n) is 10.7. The van der Waals surface area contributed by atoms with Gasteiger partial charge in [0.05, 0.1) is 36.3 Å². The van der Waals surface area contributed by atoms with Gasteiger partial charge in [0.1, 0.15) is 16.5 Å². The van der Waals surface area contributed by atoms with Gasteiger partial charge in [0.2, 0.25) is 0 Å². The first-order valence-corrected chi connectivity index (χ1v) is 6.29. The molecule has 0 N–H and O–H groups in total. The second-order valence-electron chi connectivity index (χ2n) is 3.79. The Labute approximate surface area is 114 Å². The van der Waals surface area contributed by atoms with Gasteiger partial charge in [0.25, 0.3) is 0 Å². The van der Waals surface area contributed by atoms with E-state index in [1.807, 2.05) is 0 Å². The quantitative estimate of drug-likeness (QED) is 0.847. The van der Waals surface area contributed by atoms with Crippen LogP contribution in [-0.4, -0.2) is 25.2 Å². The van der Waals surface area contributed by atoms with Crippen LogP contribution in [0.2, 0.25) is 0 Å². The van der Waals surface area contributed by atoms with E-state index in [0.717, 1.165) is 11.3 Å². The summed E-state index contributed by atoms with van der Waals surface area (Å²) in [6.07, 6.45) is 0. The largest absolute Gasteiger partial charge is 0.544 e. The minimum atomic E-state index is -1.22. The number of carboxylic acids is 1. The van der Waals surface area contributed by atoms with Crippen LogP contribution in [0.5, 0.6) is 11.5 Å². The van der Waals surface area contributed by atoms with Crippen molar-refractivity contribution in [2.24, 2.45) is 0 Å². The fourth-order valence-electron chi connectivity index (χ4n) is 1.68. The number of aromatic carboxylic acids is 1. The predicted octanol–water partition coefficient (Wildman–Crippen LogP) is 1.50. The summed E-state index contributed by atoms with van der Waals surface area (Å²) < 4.78 is 10.4. The maximum Gasteiger partial charge on any atom is 0.129 e. The molecule has 1 heterocycles. The molecule has 0 unspecified atom stereocenters. The third kappa shape index (κ3) is 2.53. The van der Waals surface area contributed by atoms with E-state index in [9.17, 15) is 9.90 Å². The monoisotopic (exact) mass is 278 g/mol. The minimum Gasteiger partial charge on any atom is -0.544 e. The average Bonchev–Trinajstić information content (AvgIpc) is 2.80. The van der Waals surface area contributed by atoms with Crippen LogP contribution in [0.1, 0.15) is 15.4 Å². The first-order chi connectivity index (χ1) is 9.06. The Hall–Kier alpha value is -2.08. The van der Waals surface area contributed by atoms with E-state index in [2.05, 4.69) is 4.98 Å². The van der Waals surface area contributed by atoms with E-state index >= 15 is 0 Å². The number of benzene rings is 1. The molecule has 0 aliphatic carbocycles. The molecule has 0 atom stereocenters. The molecule has 1 aromatic carbocycles. The predicted molar refractivity (Wildman–Crippen MR) is 69.7 cm³/mol. The molecule has 100 valence electrons.